The van der Waals surface area contributed by atoms with Gasteiger partial charge in [0.05, 0.1) is 22.5 Å². The van der Waals surface area contributed by atoms with Crippen molar-refractivity contribution >= 4 is 117 Å². The van der Waals surface area contributed by atoms with Crippen LogP contribution in [0.15, 0.2) is 124 Å². The SMILES string of the molecule is CCCCN.CCCCN1C(=O)c2cccc3c(Br)ccc(c23)C1=O.CCCCN1C(=O)c2cccc3c(Nc4ccccc4N)ccc(c23)C1=O.CCO.O=C1OC(=O)c2ccc(Br)c3cccc1c23. The number of benzene rings is 7. The van der Waals surface area contributed by atoms with Gasteiger partial charge in [-0.1, -0.05) is 120 Å². The molecule has 10 rings (SSSR count). The predicted octanol–water partition coefficient (Wildman–Crippen LogP) is 12.2. The van der Waals surface area contributed by atoms with Crippen molar-refractivity contribution in [3.8, 4) is 0 Å². The number of anilines is 3. The third-order valence-electron chi connectivity index (χ3n) is 11.8. The molecule has 7 aromatic carbocycles. The molecule has 0 saturated heterocycles. The summed E-state index contributed by atoms with van der Waals surface area (Å²) in [6.45, 7) is 9.93. The second kappa shape index (κ2) is 24.9. The van der Waals surface area contributed by atoms with Crippen molar-refractivity contribution in [2.24, 2.45) is 5.73 Å². The summed E-state index contributed by atoms with van der Waals surface area (Å²) in [5, 5.41) is 15.6. The van der Waals surface area contributed by atoms with E-state index in [0.717, 1.165) is 74.1 Å². The van der Waals surface area contributed by atoms with Crippen LogP contribution in [0, 0.1) is 0 Å². The minimum absolute atomic E-state index is 0.181. The number of imide groups is 2. The number of aliphatic hydroxyl groups excluding tert-OH is 1. The predicted molar refractivity (Wildman–Crippen MR) is 288 cm³/mol. The van der Waals surface area contributed by atoms with Crippen molar-refractivity contribution in [2.75, 3.05) is 37.3 Å². The number of hydrogen-bond donors (Lipinski definition) is 4. The number of nitrogens with one attached hydrogen (secondary N) is 1. The van der Waals surface area contributed by atoms with Crippen molar-refractivity contribution in [1.29, 1.82) is 0 Å². The summed E-state index contributed by atoms with van der Waals surface area (Å²) in [5.74, 6) is -1.97. The van der Waals surface area contributed by atoms with Crippen LogP contribution >= 0.6 is 31.9 Å². The molecule has 3 heterocycles. The number of ether oxygens (including phenoxy) is 1. The second-order valence-electron chi connectivity index (χ2n) is 16.6. The Morgan fingerprint density at radius 3 is 1.35 bits per heavy atom. The average molecular weight is 1090 g/mol. The van der Waals surface area contributed by atoms with Crippen LogP contribution in [-0.2, 0) is 4.74 Å². The summed E-state index contributed by atoms with van der Waals surface area (Å²) < 4.78 is 6.41. The van der Waals surface area contributed by atoms with Crippen molar-refractivity contribution in [2.45, 2.75) is 66.2 Å². The minimum Gasteiger partial charge on any atom is -0.397 e. The Morgan fingerprint density at radius 2 is 0.887 bits per heavy atom. The van der Waals surface area contributed by atoms with Gasteiger partial charge in [0.25, 0.3) is 23.6 Å². The third-order valence-corrected chi connectivity index (χ3v) is 13.2. The van der Waals surface area contributed by atoms with E-state index in [-0.39, 0.29) is 30.2 Å². The molecule has 13 nitrogen and oxygen atoms in total. The van der Waals surface area contributed by atoms with Gasteiger partial charge in [0.2, 0.25) is 0 Å². The highest BCUT2D eigenvalue weighted by molar-refractivity contribution is 9.11. The molecule has 6 N–H and O–H groups in total. The number of para-hydroxylation sites is 2. The number of nitrogens with two attached hydrogens (primary N) is 2. The molecule has 3 aliphatic heterocycles. The fourth-order valence-corrected chi connectivity index (χ4v) is 9.20. The van der Waals surface area contributed by atoms with Crippen molar-refractivity contribution in [3.05, 3.63) is 158 Å². The van der Waals surface area contributed by atoms with Crippen molar-refractivity contribution in [1.82, 2.24) is 9.80 Å². The van der Waals surface area contributed by atoms with Gasteiger partial charge in [0, 0.05) is 78.1 Å². The number of amides is 4. The standard InChI is InChI=1S/C22H21N3O2.C16H14BrNO2.C12H5BrO3.C4H11N.C2H6O/c1-2-3-13-25-21(26)15-8-6-7-14-18(12-11-16(20(14)15)22(25)27)24-19-10-5-4-9-17(19)23;1-2-3-9-18-15(19)11-6-4-5-10-13(17)8-7-12(14(10)11)16(18)20;13-9-5-4-8-10-6(9)2-1-3-7(10)11(14)16-12(8)15;1-2-3-4-5;1-2-3/h4-12,24H,2-3,13,23H2,1H3;4-8H,2-3,9H2,1H3;1-5H;2-5H2,1H3;3H,2H2,1H3. The Balaban J connectivity index is 0.000000166. The summed E-state index contributed by atoms with van der Waals surface area (Å²) in [6, 6.07) is 34.7. The van der Waals surface area contributed by atoms with Gasteiger partial charge in [-0.25, -0.2) is 9.59 Å². The minimum atomic E-state index is -0.582. The number of carbonyl (C=O) groups excluding carboxylic acids is 6. The van der Waals surface area contributed by atoms with E-state index in [0.29, 0.717) is 62.9 Å². The first-order valence-corrected chi connectivity index (χ1v) is 25.3. The van der Waals surface area contributed by atoms with E-state index in [1.165, 1.54) is 22.6 Å². The van der Waals surface area contributed by atoms with Crippen LogP contribution in [-0.4, -0.2) is 76.7 Å². The molecule has 0 aliphatic carbocycles. The number of unbranched alkanes of at least 4 members (excludes halogenated alkanes) is 3. The van der Waals surface area contributed by atoms with E-state index >= 15 is 0 Å². The molecule has 0 spiro atoms. The van der Waals surface area contributed by atoms with E-state index in [1.807, 2.05) is 80.6 Å². The summed E-state index contributed by atoms with van der Waals surface area (Å²) >= 11 is 6.87. The Hall–Kier alpha value is -6.78. The molecule has 0 saturated carbocycles. The van der Waals surface area contributed by atoms with Gasteiger partial charge in [0.15, 0.2) is 0 Å². The zero-order chi connectivity index (χ0) is 51.4. The quantitative estimate of drug-likeness (QED) is 0.0439. The molecule has 4 amide bonds. The fourth-order valence-electron chi connectivity index (χ4n) is 8.27. The number of carbonyl (C=O) groups is 6. The first-order valence-electron chi connectivity index (χ1n) is 23.7. The Kier molecular flexibility index (Phi) is 18.8. The molecule has 15 heteroatoms. The van der Waals surface area contributed by atoms with Crippen LogP contribution < -0.4 is 16.8 Å². The van der Waals surface area contributed by atoms with Gasteiger partial charge in [-0.3, -0.25) is 29.0 Å². The molecule has 0 aromatic heterocycles. The van der Waals surface area contributed by atoms with Crippen LogP contribution in [0.25, 0.3) is 32.3 Å². The number of rotatable bonds is 10. The van der Waals surface area contributed by atoms with Crippen LogP contribution in [0.4, 0.5) is 17.1 Å². The van der Waals surface area contributed by atoms with Crippen molar-refractivity contribution < 1.29 is 38.6 Å². The van der Waals surface area contributed by atoms with Crippen LogP contribution in [0.1, 0.15) is 128 Å². The van der Waals surface area contributed by atoms with Crippen LogP contribution in [0.2, 0.25) is 0 Å². The van der Waals surface area contributed by atoms with E-state index in [1.54, 1.807) is 55.5 Å². The number of nitrogen functional groups attached to an aromatic ring is 1. The molecule has 0 unspecified atom stereocenters. The maximum atomic E-state index is 12.9. The number of hydrogen-bond acceptors (Lipinski definition) is 11. The van der Waals surface area contributed by atoms with Gasteiger partial charge in [-0.15, -0.1) is 0 Å². The van der Waals surface area contributed by atoms with Crippen molar-refractivity contribution in [3.63, 3.8) is 0 Å². The van der Waals surface area contributed by atoms with E-state index in [2.05, 4.69) is 48.8 Å². The van der Waals surface area contributed by atoms with Crippen LogP contribution in [0.3, 0.4) is 0 Å². The number of nitrogens with zero attached hydrogens (tertiary/aromatic N) is 2. The molecule has 0 radical (unpaired) electrons. The zero-order valence-corrected chi connectivity index (χ0v) is 43.3. The summed E-state index contributed by atoms with van der Waals surface area (Å²) in [7, 11) is 0. The average Bonchev–Trinajstić information content (AvgIpc) is 3.37. The maximum Gasteiger partial charge on any atom is 0.346 e. The smallest absolute Gasteiger partial charge is 0.346 e. The lowest BCUT2D eigenvalue weighted by Gasteiger charge is -2.28. The zero-order valence-electron chi connectivity index (χ0n) is 40.2. The van der Waals surface area contributed by atoms with Gasteiger partial charge in [-0.2, -0.15) is 0 Å². The number of halogens is 2. The fraction of sp³-hybridized carbons (Fsp3) is 0.250. The molecule has 0 atom stereocenters. The van der Waals surface area contributed by atoms with Crippen LogP contribution in [0.5, 0.6) is 0 Å². The monoisotopic (exact) mass is 1090 g/mol. The molecular weight excluding hydrogens is 1030 g/mol. The Morgan fingerprint density at radius 1 is 0.493 bits per heavy atom. The van der Waals surface area contributed by atoms with E-state index in [4.69, 9.17) is 16.6 Å². The summed E-state index contributed by atoms with van der Waals surface area (Å²) in [5.41, 5.74) is 16.7. The Bertz CT molecular complexity index is 3090. The van der Waals surface area contributed by atoms with E-state index in [9.17, 15) is 28.8 Å². The topological polar surface area (TPSA) is 202 Å². The molecule has 7 aromatic rings. The summed E-state index contributed by atoms with van der Waals surface area (Å²) in [4.78, 5) is 76.7. The number of cyclic esters (lactones) is 2. The van der Waals surface area contributed by atoms with Gasteiger partial charge in [-0.05, 0) is 110 Å². The second-order valence-corrected chi connectivity index (χ2v) is 18.3. The molecule has 71 heavy (non-hydrogen) atoms. The highest BCUT2D eigenvalue weighted by Crippen LogP contribution is 2.38. The van der Waals surface area contributed by atoms with Gasteiger partial charge < -0.3 is 26.6 Å². The maximum absolute atomic E-state index is 12.9. The number of esters is 2. The first-order chi connectivity index (χ1) is 34.3. The molecule has 0 bridgehead atoms. The third kappa shape index (κ3) is 11.6. The lowest BCUT2D eigenvalue weighted by Crippen LogP contribution is -2.40. The van der Waals surface area contributed by atoms with Gasteiger partial charge in [0.1, 0.15) is 0 Å². The molecular formula is C56H57Br2N5O8. The molecule has 3 aliphatic rings. The largest absolute Gasteiger partial charge is 0.397 e. The molecule has 0 fully saturated rings. The first kappa shape index (κ1) is 53.6. The Labute approximate surface area is 429 Å². The lowest BCUT2D eigenvalue weighted by atomic mass is 9.92. The molecule has 368 valence electrons. The lowest BCUT2D eigenvalue weighted by molar-refractivity contribution is 0.0388. The van der Waals surface area contributed by atoms with Gasteiger partial charge >= 0.3 is 11.9 Å². The summed E-state index contributed by atoms with van der Waals surface area (Å²) in [6.07, 6.45) is 5.90. The highest BCUT2D eigenvalue weighted by Gasteiger charge is 2.34. The number of aliphatic hydroxyl groups is 1. The highest BCUT2D eigenvalue weighted by atomic mass is 79.9. The normalized spacial score (nSPS) is 13.1. The van der Waals surface area contributed by atoms with E-state index < -0.39 is 11.9 Å².